The van der Waals surface area contributed by atoms with Crippen molar-refractivity contribution in [1.82, 2.24) is 29.2 Å². The van der Waals surface area contributed by atoms with Gasteiger partial charge in [-0.25, -0.2) is 19.7 Å². The number of ether oxygens (including phenoxy) is 2. The third kappa shape index (κ3) is 6.12. The fourth-order valence-electron chi connectivity index (χ4n) is 6.10. The molecule has 5 heterocycles. The van der Waals surface area contributed by atoms with Gasteiger partial charge in [0.25, 0.3) is 0 Å². The van der Waals surface area contributed by atoms with Crippen molar-refractivity contribution in [3.63, 3.8) is 0 Å². The highest BCUT2D eigenvalue weighted by Crippen LogP contribution is 2.42. The van der Waals surface area contributed by atoms with E-state index in [9.17, 15) is 19.6 Å². The zero-order valence-electron chi connectivity index (χ0n) is 27.6. The molecule has 3 aromatic rings. The fraction of sp³-hybridized carbons (Fsp3) is 0.485. The summed E-state index contributed by atoms with van der Waals surface area (Å²) in [4.78, 5) is 52.2. The lowest BCUT2D eigenvalue weighted by Gasteiger charge is -2.48. The highest BCUT2D eigenvalue weighted by molar-refractivity contribution is 6.76. The zero-order valence-corrected chi connectivity index (χ0v) is 28.6. The normalized spacial score (nSPS) is 20.4. The standard InChI is InChI=1S/C33H40N8O5Si/c1-32(2,3)46-31(44)39-18-33(19-39,12-13-34)40-17-25(28(37-40)41-29(42)22-9-7-8-10-23(22)30(41)43)26-24-11-14-38(27(24)36-20-35-26)21-45-15-16-47(4,5)6/h7-11,14,17,20,22-23H,12,15-16,18-19,21H2,1-6H3. The summed E-state index contributed by atoms with van der Waals surface area (Å²) in [5.41, 5.74) is -0.0303. The number of carbonyl (C=O) groups is 3. The Morgan fingerprint density at radius 1 is 1.11 bits per heavy atom. The molecule has 0 N–H and O–H groups in total. The molecule has 2 atom stereocenters. The molecule has 13 nitrogen and oxygen atoms in total. The Kier molecular flexibility index (Phi) is 8.17. The van der Waals surface area contributed by atoms with Crippen molar-refractivity contribution in [3.05, 3.63) is 49.1 Å². The minimum atomic E-state index is -1.25. The summed E-state index contributed by atoms with van der Waals surface area (Å²) < 4.78 is 15.0. The number of anilines is 1. The maximum atomic E-state index is 13.8. The molecule has 0 radical (unpaired) electrons. The quantitative estimate of drug-likeness (QED) is 0.182. The zero-order chi connectivity index (χ0) is 33.7. The molecule has 2 saturated heterocycles. The summed E-state index contributed by atoms with van der Waals surface area (Å²) in [6.07, 6.45) is 11.6. The summed E-state index contributed by atoms with van der Waals surface area (Å²) in [5, 5.41) is 15.4. The SMILES string of the molecule is CC(C)(C)OC(=O)N1CC(CC#N)(n2cc(-c3ncnc4c3ccn4COCC[Si](C)(C)C)c(N3C(=O)C4C=CC=CC4C3=O)n2)C1. The van der Waals surface area contributed by atoms with E-state index in [2.05, 4.69) is 35.7 Å². The molecular weight excluding hydrogens is 617 g/mol. The second-order valence-electron chi connectivity index (χ2n) is 14.6. The first-order valence-electron chi connectivity index (χ1n) is 15.8. The van der Waals surface area contributed by atoms with Gasteiger partial charge in [0, 0.05) is 32.5 Å². The maximum absolute atomic E-state index is 13.8. The number of nitrogens with zero attached hydrogens (tertiary/aromatic N) is 8. The smallest absolute Gasteiger partial charge is 0.410 e. The van der Waals surface area contributed by atoms with Crippen LogP contribution in [0.3, 0.4) is 0 Å². The topological polar surface area (TPSA) is 148 Å². The average molecular weight is 657 g/mol. The number of allylic oxidation sites excluding steroid dienone is 2. The van der Waals surface area contributed by atoms with E-state index in [1.165, 1.54) is 11.2 Å². The van der Waals surface area contributed by atoms with Crippen LogP contribution in [0, 0.1) is 23.2 Å². The Labute approximate surface area is 274 Å². The van der Waals surface area contributed by atoms with Gasteiger partial charge in [0.2, 0.25) is 11.8 Å². The van der Waals surface area contributed by atoms with Crippen LogP contribution in [0.5, 0.6) is 0 Å². The molecule has 1 aliphatic carbocycles. The van der Waals surface area contributed by atoms with E-state index in [0.29, 0.717) is 35.6 Å². The third-order valence-corrected chi connectivity index (χ3v) is 10.3. The number of rotatable bonds is 9. The molecule has 3 aliphatic rings. The third-order valence-electron chi connectivity index (χ3n) is 8.61. The Bertz CT molecular complexity index is 1800. The lowest BCUT2D eigenvalue weighted by atomic mass is 9.87. The molecule has 6 rings (SSSR count). The molecule has 3 aromatic heterocycles. The van der Waals surface area contributed by atoms with Crippen molar-refractivity contribution >= 4 is 42.8 Å². The van der Waals surface area contributed by atoms with Gasteiger partial charge in [-0.3, -0.25) is 14.3 Å². The molecule has 0 aromatic carbocycles. The van der Waals surface area contributed by atoms with E-state index < -0.39 is 37.1 Å². The van der Waals surface area contributed by atoms with Crippen molar-refractivity contribution in [2.75, 3.05) is 24.6 Å². The molecule has 47 heavy (non-hydrogen) atoms. The summed E-state index contributed by atoms with van der Waals surface area (Å²) in [6, 6.07) is 5.15. The van der Waals surface area contributed by atoms with E-state index in [1.54, 1.807) is 56.0 Å². The number of fused-ring (bicyclic) bond motifs is 2. The largest absolute Gasteiger partial charge is 0.444 e. The number of nitriles is 1. The Morgan fingerprint density at radius 2 is 1.79 bits per heavy atom. The van der Waals surface area contributed by atoms with Gasteiger partial charge in [-0.15, -0.1) is 0 Å². The van der Waals surface area contributed by atoms with E-state index in [1.807, 2.05) is 16.8 Å². The van der Waals surface area contributed by atoms with Crippen molar-refractivity contribution in [2.45, 2.75) is 70.7 Å². The summed E-state index contributed by atoms with van der Waals surface area (Å²) in [7, 11) is -1.25. The second-order valence-corrected chi connectivity index (χ2v) is 20.3. The summed E-state index contributed by atoms with van der Waals surface area (Å²) in [5.74, 6) is -1.91. The number of hydrogen-bond donors (Lipinski definition) is 0. The van der Waals surface area contributed by atoms with Crippen molar-refractivity contribution in [2.24, 2.45) is 11.8 Å². The molecule has 246 valence electrons. The first-order valence-corrected chi connectivity index (χ1v) is 19.5. The minimum Gasteiger partial charge on any atom is -0.444 e. The van der Waals surface area contributed by atoms with Gasteiger partial charge in [0.05, 0.1) is 48.7 Å². The van der Waals surface area contributed by atoms with Crippen molar-refractivity contribution < 1.29 is 23.9 Å². The van der Waals surface area contributed by atoms with Gasteiger partial charge in [-0.2, -0.15) is 10.4 Å². The number of imide groups is 1. The number of hydrogen-bond acceptors (Lipinski definition) is 9. The molecule has 2 fully saturated rings. The molecule has 14 heteroatoms. The highest BCUT2D eigenvalue weighted by Gasteiger charge is 2.52. The van der Waals surface area contributed by atoms with E-state index >= 15 is 0 Å². The molecule has 2 unspecified atom stereocenters. The van der Waals surface area contributed by atoms with Crippen molar-refractivity contribution in [3.8, 4) is 17.3 Å². The first-order chi connectivity index (χ1) is 22.2. The average Bonchev–Trinajstić information content (AvgIpc) is 3.66. The van der Waals surface area contributed by atoms with Crippen molar-refractivity contribution in [1.29, 1.82) is 5.26 Å². The van der Waals surface area contributed by atoms with Crippen LogP contribution in [0.15, 0.2) is 49.1 Å². The Hall–Kier alpha value is -4.61. The maximum Gasteiger partial charge on any atom is 0.410 e. The molecule has 0 saturated carbocycles. The van der Waals surface area contributed by atoms with Crippen LogP contribution in [0.25, 0.3) is 22.3 Å². The Morgan fingerprint density at radius 3 is 2.40 bits per heavy atom. The monoisotopic (exact) mass is 656 g/mol. The van der Waals surface area contributed by atoms with Gasteiger partial charge in [-0.05, 0) is 32.9 Å². The fourth-order valence-corrected chi connectivity index (χ4v) is 6.86. The van der Waals surface area contributed by atoms with Gasteiger partial charge in [0.1, 0.15) is 29.8 Å². The van der Waals surface area contributed by atoms with Crippen LogP contribution >= 0.6 is 0 Å². The molecule has 2 aliphatic heterocycles. The molecular formula is C33H40N8O5Si. The number of likely N-dealkylation sites (tertiary alicyclic amines) is 1. The predicted molar refractivity (Wildman–Crippen MR) is 177 cm³/mol. The van der Waals surface area contributed by atoms with Gasteiger partial charge in [0.15, 0.2) is 5.82 Å². The number of carbonyl (C=O) groups excluding carboxylic acids is 3. The molecule has 0 spiro atoms. The van der Waals surface area contributed by atoms with E-state index in [0.717, 1.165) is 10.9 Å². The number of aromatic nitrogens is 5. The first kappa shape index (κ1) is 32.3. The highest BCUT2D eigenvalue weighted by atomic mass is 28.3. The van der Waals surface area contributed by atoms with Crippen LogP contribution in [-0.2, 0) is 31.3 Å². The van der Waals surface area contributed by atoms with Crippen LogP contribution in [0.4, 0.5) is 10.6 Å². The number of amides is 3. The van der Waals surface area contributed by atoms with E-state index in [-0.39, 0.29) is 37.1 Å². The van der Waals surface area contributed by atoms with Gasteiger partial charge < -0.3 is 18.9 Å². The lowest BCUT2D eigenvalue weighted by Crippen LogP contribution is -2.64. The molecule has 0 bridgehead atoms. The van der Waals surface area contributed by atoms with Crippen LogP contribution < -0.4 is 4.90 Å². The molecule has 3 amide bonds. The lowest BCUT2D eigenvalue weighted by molar-refractivity contribution is -0.122. The summed E-state index contributed by atoms with van der Waals surface area (Å²) in [6.45, 7) is 13.6. The second kappa shape index (κ2) is 11.9. The summed E-state index contributed by atoms with van der Waals surface area (Å²) >= 11 is 0. The van der Waals surface area contributed by atoms with Gasteiger partial charge >= 0.3 is 6.09 Å². The van der Waals surface area contributed by atoms with Gasteiger partial charge in [-0.1, -0.05) is 43.9 Å². The van der Waals surface area contributed by atoms with E-state index in [4.69, 9.17) is 14.6 Å². The predicted octanol–water partition coefficient (Wildman–Crippen LogP) is 4.70. The Balaban J connectivity index is 1.40. The van der Waals surface area contributed by atoms with Crippen LogP contribution in [0.2, 0.25) is 25.7 Å². The van der Waals surface area contributed by atoms with Crippen LogP contribution in [0.1, 0.15) is 27.2 Å². The minimum absolute atomic E-state index is 0.0375. The van der Waals surface area contributed by atoms with Crippen LogP contribution in [-0.4, -0.2) is 80.5 Å².